The molecule has 0 aliphatic heterocycles. The highest BCUT2D eigenvalue weighted by Gasteiger charge is 2.21. The van der Waals surface area contributed by atoms with Crippen LogP contribution in [-0.2, 0) is 10.0 Å². The number of hydrogen-bond acceptors (Lipinski definition) is 3. The number of hydrogen-bond donors (Lipinski definition) is 1. The summed E-state index contributed by atoms with van der Waals surface area (Å²) in [5, 5.41) is 9.22. The summed E-state index contributed by atoms with van der Waals surface area (Å²) in [6.07, 6.45) is 0. The quantitative estimate of drug-likeness (QED) is 0.942. The number of sulfonamides is 1. The largest absolute Gasteiger partial charge is 0.242 e. The molecule has 22 heavy (non-hydrogen) atoms. The first kappa shape index (κ1) is 16.1. The Labute approximate surface area is 129 Å². The molecule has 0 aliphatic rings. The van der Waals surface area contributed by atoms with Crippen LogP contribution in [0.3, 0.4) is 0 Å². The van der Waals surface area contributed by atoms with E-state index < -0.39 is 21.9 Å². The number of rotatable bonds is 4. The van der Waals surface area contributed by atoms with Gasteiger partial charge < -0.3 is 0 Å². The first-order valence-corrected chi connectivity index (χ1v) is 8.06. The maximum Gasteiger partial charge on any atom is 0.242 e. The van der Waals surface area contributed by atoms with Gasteiger partial charge in [-0.3, -0.25) is 0 Å². The molecular weight excluding hydrogens is 303 g/mol. The highest BCUT2D eigenvalue weighted by molar-refractivity contribution is 7.89. The summed E-state index contributed by atoms with van der Waals surface area (Å²) < 4.78 is 40.2. The van der Waals surface area contributed by atoms with Gasteiger partial charge in [0.15, 0.2) is 0 Å². The summed E-state index contributed by atoms with van der Waals surface area (Å²) in [4.78, 5) is -0.0706. The van der Waals surface area contributed by atoms with Crippen LogP contribution in [0.25, 0.3) is 0 Å². The SMILES string of the molecule is Cc1ccc(C(C#N)NS(=O)(=O)c2ccc(F)c(C)c2)cc1. The van der Waals surface area contributed by atoms with Gasteiger partial charge in [0.1, 0.15) is 11.9 Å². The average molecular weight is 318 g/mol. The minimum Gasteiger partial charge on any atom is -0.207 e. The molecular formula is C16H15FN2O2S. The lowest BCUT2D eigenvalue weighted by molar-refractivity contribution is 0.574. The van der Waals surface area contributed by atoms with E-state index in [4.69, 9.17) is 0 Å². The number of nitrogens with one attached hydrogen (secondary N) is 1. The Bertz CT molecular complexity index is 824. The van der Waals surface area contributed by atoms with E-state index in [9.17, 15) is 18.1 Å². The lowest BCUT2D eigenvalue weighted by Crippen LogP contribution is -2.28. The molecule has 4 nitrogen and oxygen atoms in total. The molecule has 114 valence electrons. The molecule has 0 spiro atoms. The Hall–Kier alpha value is -2.23. The van der Waals surface area contributed by atoms with Crippen molar-refractivity contribution in [2.45, 2.75) is 24.8 Å². The summed E-state index contributed by atoms with van der Waals surface area (Å²) in [6, 6.07) is 11.4. The van der Waals surface area contributed by atoms with Gasteiger partial charge >= 0.3 is 0 Å². The predicted molar refractivity (Wildman–Crippen MR) is 81.0 cm³/mol. The van der Waals surface area contributed by atoms with Crippen LogP contribution in [0.2, 0.25) is 0 Å². The third-order valence-corrected chi connectivity index (χ3v) is 4.67. The number of nitriles is 1. The van der Waals surface area contributed by atoms with Crippen LogP contribution in [-0.4, -0.2) is 8.42 Å². The Balaban J connectivity index is 2.31. The minimum atomic E-state index is -3.91. The molecule has 1 unspecified atom stereocenters. The van der Waals surface area contributed by atoms with Crippen molar-refractivity contribution in [2.75, 3.05) is 0 Å². The number of benzene rings is 2. The van der Waals surface area contributed by atoms with E-state index in [0.717, 1.165) is 11.6 Å². The molecule has 1 N–H and O–H groups in total. The Morgan fingerprint density at radius 1 is 1.14 bits per heavy atom. The monoisotopic (exact) mass is 318 g/mol. The molecule has 1 atom stereocenters. The zero-order valence-electron chi connectivity index (χ0n) is 12.2. The molecule has 2 aromatic rings. The van der Waals surface area contributed by atoms with E-state index in [-0.39, 0.29) is 10.5 Å². The van der Waals surface area contributed by atoms with Gasteiger partial charge in [-0.05, 0) is 43.2 Å². The maximum absolute atomic E-state index is 13.3. The maximum atomic E-state index is 13.3. The van der Waals surface area contributed by atoms with E-state index in [2.05, 4.69) is 4.72 Å². The molecule has 0 bridgehead atoms. The molecule has 0 fully saturated rings. The average Bonchev–Trinajstić information content (AvgIpc) is 2.48. The van der Waals surface area contributed by atoms with E-state index in [1.54, 1.807) is 24.3 Å². The van der Waals surface area contributed by atoms with E-state index in [1.165, 1.54) is 19.1 Å². The van der Waals surface area contributed by atoms with Crippen molar-refractivity contribution >= 4 is 10.0 Å². The fourth-order valence-electron chi connectivity index (χ4n) is 1.94. The third-order valence-electron chi connectivity index (χ3n) is 3.25. The summed E-state index contributed by atoms with van der Waals surface area (Å²) in [6.45, 7) is 3.38. The topological polar surface area (TPSA) is 70.0 Å². The third kappa shape index (κ3) is 3.50. The van der Waals surface area contributed by atoms with Crippen molar-refractivity contribution in [1.82, 2.24) is 4.72 Å². The molecule has 0 amide bonds. The Morgan fingerprint density at radius 3 is 2.32 bits per heavy atom. The van der Waals surface area contributed by atoms with Gasteiger partial charge in [-0.15, -0.1) is 0 Å². The van der Waals surface area contributed by atoms with Crippen LogP contribution < -0.4 is 4.72 Å². The molecule has 2 rings (SSSR count). The predicted octanol–water partition coefficient (Wildman–Crippen LogP) is 2.99. The zero-order valence-corrected chi connectivity index (χ0v) is 13.0. The molecule has 0 saturated carbocycles. The Morgan fingerprint density at radius 2 is 1.77 bits per heavy atom. The van der Waals surface area contributed by atoms with Crippen molar-refractivity contribution in [2.24, 2.45) is 0 Å². The molecule has 2 aromatic carbocycles. The van der Waals surface area contributed by atoms with Crippen LogP contribution in [0.5, 0.6) is 0 Å². The summed E-state index contributed by atoms with van der Waals surface area (Å²) in [5.41, 5.74) is 1.79. The highest BCUT2D eigenvalue weighted by atomic mass is 32.2. The fourth-order valence-corrected chi connectivity index (χ4v) is 3.15. The molecule has 0 heterocycles. The summed E-state index contributed by atoms with van der Waals surface area (Å²) >= 11 is 0. The molecule has 0 aromatic heterocycles. The van der Waals surface area contributed by atoms with Crippen molar-refractivity contribution in [1.29, 1.82) is 5.26 Å². The van der Waals surface area contributed by atoms with Crippen molar-refractivity contribution in [3.05, 3.63) is 65.0 Å². The van der Waals surface area contributed by atoms with Crippen molar-refractivity contribution < 1.29 is 12.8 Å². The van der Waals surface area contributed by atoms with Gasteiger partial charge in [0, 0.05) is 0 Å². The number of halogens is 1. The van der Waals surface area contributed by atoms with Gasteiger partial charge in [0.2, 0.25) is 10.0 Å². The number of nitrogens with zero attached hydrogens (tertiary/aromatic N) is 1. The van der Waals surface area contributed by atoms with Gasteiger partial charge in [-0.1, -0.05) is 29.8 Å². The van der Waals surface area contributed by atoms with Gasteiger partial charge in [0.05, 0.1) is 11.0 Å². The second-order valence-corrected chi connectivity index (χ2v) is 6.72. The van der Waals surface area contributed by atoms with E-state index >= 15 is 0 Å². The van der Waals surface area contributed by atoms with Crippen molar-refractivity contribution in [3.8, 4) is 6.07 Å². The second-order valence-electron chi connectivity index (χ2n) is 5.01. The van der Waals surface area contributed by atoms with E-state index in [1.807, 2.05) is 13.0 Å². The molecule has 0 radical (unpaired) electrons. The Kier molecular flexibility index (Phi) is 4.59. The normalized spacial score (nSPS) is 12.6. The van der Waals surface area contributed by atoms with Crippen LogP contribution in [0.15, 0.2) is 47.4 Å². The smallest absolute Gasteiger partial charge is 0.207 e. The second kappa shape index (κ2) is 6.26. The van der Waals surface area contributed by atoms with Crippen LogP contribution in [0, 0.1) is 31.0 Å². The molecule has 6 heteroatoms. The summed E-state index contributed by atoms with van der Waals surface area (Å²) in [7, 11) is -3.91. The minimum absolute atomic E-state index is 0.0706. The van der Waals surface area contributed by atoms with Crippen LogP contribution in [0.1, 0.15) is 22.7 Å². The lowest BCUT2D eigenvalue weighted by Gasteiger charge is -2.13. The zero-order chi connectivity index (χ0) is 16.3. The van der Waals surface area contributed by atoms with Gasteiger partial charge in [-0.2, -0.15) is 9.98 Å². The standard InChI is InChI=1S/C16H15FN2O2S/c1-11-3-5-13(6-4-11)16(10-18)19-22(20,21)14-7-8-15(17)12(2)9-14/h3-9,16,19H,1-2H3. The lowest BCUT2D eigenvalue weighted by atomic mass is 10.1. The molecule has 0 aliphatic carbocycles. The number of aryl methyl sites for hydroxylation is 2. The highest BCUT2D eigenvalue weighted by Crippen LogP contribution is 2.19. The molecule has 0 saturated heterocycles. The van der Waals surface area contributed by atoms with Gasteiger partial charge in [-0.25, -0.2) is 12.8 Å². The van der Waals surface area contributed by atoms with Crippen LogP contribution >= 0.6 is 0 Å². The van der Waals surface area contributed by atoms with Crippen molar-refractivity contribution in [3.63, 3.8) is 0 Å². The fraction of sp³-hybridized carbons (Fsp3) is 0.188. The van der Waals surface area contributed by atoms with E-state index in [0.29, 0.717) is 5.56 Å². The first-order valence-electron chi connectivity index (χ1n) is 6.58. The van der Waals surface area contributed by atoms with Gasteiger partial charge in [0.25, 0.3) is 0 Å². The first-order chi connectivity index (χ1) is 10.3. The van der Waals surface area contributed by atoms with Crippen LogP contribution in [0.4, 0.5) is 4.39 Å². The summed E-state index contributed by atoms with van der Waals surface area (Å²) in [5.74, 6) is -0.477.